The summed E-state index contributed by atoms with van der Waals surface area (Å²) in [5, 5.41) is 4.14. The Kier molecular flexibility index (Phi) is 2.56. The summed E-state index contributed by atoms with van der Waals surface area (Å²) in [5.74, 6) is 1.24. The molecule has 0 amide bonds. The van der Waals surface area contributed by atoms with Crippen molar-refractivity contribution in [2.45, 2.75) is 13.8 Å². The standard InChI is InChI=1S/C12H15N3O/c1-8-4-5-11(9(2)6-8)16-12-10(13)7-15(3)14-12/h4-7H,13H2,1-3H3. The molecule has 4 nitrogen and oxygen atoms in total. The van der Waals surface area contributed by atoms with Crippen LogP contribution >= 0.6 is 0 Å². The molecular formula is C12H15N3O. The van der Waals surface area contributed by atoms with E-state index >= 15 is 0 Å². The molecule has 2 N–H and O–H groups in total. The predicted octanol–water partition coefficient (Wildman–Crippen LogP) is 2.41. The van der Waals surface area contributed by atoms with Crippen molar-refractivity contribution < 1.29 is 4.74 Å². The first-order valence-electron chi connectivity index (χ1n) is 5.10. The SMILES string of the molecule is Cc1ccc(Oc2nn(C)cc2N)c(C)c1. The van der Waals surface area contributed by atoms with Gasteiger partial charge in [0.1, 0.15) is 11.4 Å². The minimum atomic E-state index is 0.453. The average Bonchev–Trinajstić information content (AvgIpc) is 2.50. The molecule has 0 aliphatic carbocycles. The first-order chi connectivity index (χ1) is 7.56. The summed E-state index contributed by atoms with van der Waals surface area (Å²) >= 11 is 0. The smallest absolute Gasteiger partial charge is 0.261 e. The van der Waals surface area contributed by atoms with Gasteiger partial charge in [-0.3, -0.25) is 4.68 Å². The number of hydrogen-bond donors (Lipinski definition) is 1. The average molecular weight is 217 g/mol. The molecule has 1 heterocycles. The van der Waals surface area contributed by atoms with Gasteiger partial charge in [0.05, 0.1) is 6.20 Å². The van der Waals surface area contributed by atoms with E-state index in [4.69, 9.17) is 10.5 Å². The molecule has 0 aliphatic rings. The van der Waals surface area contributed by atoms with Crippen LogP contribution in [0.2, 0.25) is 0 Å². The maximum Gasteiger partial charge on any atom is 0.261 e. The summed E-state index contributed by atoms with van der Waals surface area (Å²) in [5.41, 5.74) is 8.59. The number of rotatable bonds is 2. The van der Waals surface area contributed by atoms with Crippen LogP contribution in [0.15, 0.2) is 24.4 Å². The maximum atomic E-state index is 5.76. The molecule has 16 heavy (non-hydrogen) atoms. The molecule has 0 saturated carbocycles. The third-order valence-electron chi connectivity index (χ3n) is 2.36. The largest absolute Gasteiger partial charge is 0.436 e. The normalized spacial score (nSPS) is 10.4. The van der Waals surface area contributed by atoms with E-state index < -0.39 is 0 Å². The third kappa shape index (κ3) is 2.00. The van der Waals surface area contributed by atoms with E-state index in [-0.39, 0.29) is 0 Å². The lowest BCUT2D eigenvalue weighted by atomic mass is 10.1. The molecular weight excluding hydrogens is 202 g/mol. The van der Waals surface area contributed by atoms with Crippen molar-refractivity contribution in [1.29, 1.82) is 0 Å². The third-order valence-corrected chi connectivity index (χ3v) is 2.36. The van der Waals surface area contributed by atoms with E-state index in [1.807, 2.05) is 33.0 Å². The van der Waals surface area contributed by atoms with Gasteiger partial charge in [-0.25, -0.2) is 0 Å². The molecule has 0 spiro atoms. The summed E-state index contributed by atoms with van der Waals surface area (Å²) in [4.78, 5) is 0. The summed E-state index contributed by atoms with van der Waals surface area (Å²) in [7, 11) is 1.81. The van der Waals surface area contributed by atoms with Crippen LogP contribution in [-0.4, -0.2) is 9.78 Å². The number of hydrogen-bond acceptors (Lipinski definition) is 3. The van der Waals surface area contributed by atoms with E-state index in [9.17, 15) is 0 Å². The molecule has 0 radical (unpaired) electrons. The second kappa shape index (κ2) is 3.89. The van der Waals surface area contributed by atoms with Crippen molar-refractivity contribution in [3.05, 3.63) is 35.5 Å². The molecule has 2 aromatic rings. The molecule has 0 bridgehead atoms. The van der Waals surface area contributed by atoms with Crippen LogP contribution in [0, 0.1) is 13.8 Å². The first kappa shape index (κ1) is 10.5. The van der Waals surface area contributed by atoms with Gasteiger partial charge in [-0.05, 0) is 25.5 Å². The van der Waals surface area contributed by atoms with Crippen molar-refractivity contribution in [3.63, 3.8) is 0 Å². The highest BCUT2D eigenvalue weighted by Gasteiger charge is 2.08. The van der Waals surface area contributed by atoms with Crippen molar-refractivity contribution >= 4 is 5.69 Å². The highest BCUT2D eigenvalue weighted by atomic mass is 16.5. The van der Waals surface area contributed by atoms with E-state index in [0.717, 1.165) is 11.3 Å². The van der Waals surface area contributed by atoms with E-state index in [1.54, 1.807) is 10.9 Å². The fourth-order valence-electron chi connectivity index (χ4n) is 1.58. The van der Waals surface area contributed by atoms with Gasteiger partial charge < -0.3 is 10.5 Å². The van der Waals surface area contributed by atoms with Crippen LogP contribution in [0.3, 0.4) is 0 Å². The van der Waals surface area contributed by atoms with Crippen LogP contribution in [0.4, 0.5) is 5.69 Å². The van der Waals surface area contributed by atoms with Crippen molar-refractivity contribution in [3.8, 4) is 11.6 Å². The minimum Gasteiger partial charge on any atom is -0.436 e. The quantitative estimate of drug-likeness (QED) is 0.840. The van der Waals surface area contributed by atoms with Gasteiger partial charge in [-0.1, -0.05) is 17.7 Å². The number of nitrogen functional groups attached to an aromatic ring is 1. The topological polar surface area (TPSA) is 53.1 Å². The number of aromatic nitrogens is 2. The first-order valence-corrected chi connectivity index (χ1v) is 5.10. The molecule has 0 atom stereocenters. The number of nitrogens with two attached hydrogens (primary N) is 1. The van der Waals surface area contributed by atoms with Crippen LogP contribution < -0.4 is 10.5 Å². The van der Waals surface area contributed by atoms with Crippen LogP contribution in [0.25, 0.3) is 0 Å². The Bertz CT molecular complexity index is 517. The number of benzene rings is 1. The fourth-order valence-corrected chi connectivity index (χ4v) is 1.58. The molecule has 0 aliphatic heterocycles. The highest BCUT2D eigenvalue weighted by Crippen LogP contribution is 2.28. The van der Waals surface area contributed by atoms with Crippen LogP contribution in [0.5, 0.6) is 11.6 Å². The zero-order valence-corrected chi connectivity index (χ0v) is 9.69. The molecule has 1 aromatic heterocycles. The van der Waals surface area contributed by atoms with Crippen LogP contribution in [-0.2, 0) is 7.05 Å². The fraction of sp³-hybridized carbons (Fsp3) is 0.250. The Morgan fingerprint density at radius 2 is 2.06 bits per heavy atom. The molecule has 0 unspecified atom stereocenters. The highest BCUT2D eigenvalue weighted by molar-refractivity contribution is 5.49. The molecule has 84 valence electrons. The van der Waals surface area contributed by atoms with E-state index in [1.165, 1.54) is 5.56 Å². The van der Waals surface area contributed by atoms with Gasteiger partial charge in [0.25, 0.3) is 5.88 Å². The zero-order valence-electron chi connectivity index (χ0n) is 9.69. The number of anilines is 1. The number of nitrogens with zero attached hydrogens (tertiary/aromatic N) is 2. The van der Waals surface area contributed by atoms with Gasteiger partial charge in [0.2, 0.25) is 0 Å². The van der Waals surface area contributed by atoms with Gasteiger partial charge >= 0.3 is 0 Å². The molecule has 4 heteroatoms. The van der Waals surface area contributed by atoms with Crippen molar-refractivity contribution in [1.82, 2.24) is 9.78 Å². The maximum absolute atomic E-state index is 5.76. The number of ether oxygens (including phenoxy) is 1. The molecule has 0 saturated heterocycles. The lowest BCUT2D eigenvalue weighted by Crippen LogP contribution is -1.93. The predicted molar refractivity (Wildman–Crippen MR) is 63.6 cm³/mol. The molecule has 2 rings (SSSR count). The Morgan fingerprint density at radius 3 is 2.62 bits per heavy atom. The zero-order chi connectivity index (χ0) is 11.7. The van der Waals surface area contributed by atoms with Gasteiger partial charge in [0, 0.05) is 7.05 Å². The molecule has 0 fully saturated rings. The Morgan fingerprint density at radius 1 is 1.31 bits per heavy atom. The monoisotopic (exact) mass is 217 g/mol. The lowest BCUT2D eigenvalue weighted by molar-refractivity contribution is 0.452. The summed E-state index contributed by atoms with van der Waals surface area (Å²) in [6.45, 7) is 4.05. The Labute approximate surface area is 94.6 Å². The minimum absolute atomic E-state index is 0.453. The number of aryl methyl sites for hydroxylation is 3. The second-order valence-electron chi connectivity index (χ2n) is 3.93. The Balaban J connectivity index is 2.30. The van der Waals surface area contributed by atoms with Crippen LogP contribution in [0.1, 0.15) is 11.1 Å². The van der Waals surface area contributed by atoms with Gasteiger partial charge in [-0.2, -0.15) is 0 Å². The summed E-state index contributed by atoms with van der Waals surface area (Å²) in [6.07, 6.45) is 1.72. The Hall–Kier alpha value is -1.97. The molecule has 1 aromatic carbocycles. The summed E-state index contributed by atoms with van der Waals surface area (Å²) in [6, 6.07) is 5.99. The van der Waals surface area contributed by atoms with E-state index in [0.29, 0.717) is 11.6 Å². The van der Waals surface area contributed by atoms with Crippen molar-refractivity contribution in [2.24, 2.45) is 7.05 Å². The van der Waals surface area contributed by atoms with Gasteiger partial charge in [-0.15, -0.1) is 5.10 Å². The lowest BCUT2D eigenvalue weighted by Gasteiger charge is -2.07. The van der Waals surface area contributed by atoms with Gasteiger partial charge in [0.15, 0.2) is 0 Å². The summed E-state index contributed by atoms with van der Waals surface area (Å²) < 4.78 is 7.29. The van der Waals surface area contributed by atoms with E-state index in [2.05, 4.69) is 11.2 Å². The second-order valence-corrected chi connectivity index (χ2v) is 3.93. The van der Waals surface area contributed by atoms with Crippen molar-refractivity contribution in [2.75, 3.05) is 5.73 Å².